The van der Waals surface area contributed by atoms with Gasteiger partial charge in [-0.15, -0.1) is 0 Å². The Hall–Kier alpha value is -2.00. The topological polar surface area (TPSA) is 59.9 Å². The molecule has 1 heterocycles. The van der Waals surface area contributed by atoms with Crippen molar-refractivity contribution in [2.75, 3.05) is 13.2 Å². The second-order valence-corrected chi connectivity index (χ2v) is 7.71. The van der Waals surface area contributed by atoms with Gasteiger partial charge in [0.05, 0.1) is 27.4 Å². The van der Waals surface area contributed by atoms with Gasteiger partial charge in [0.15, 0.2) is 16.7 Å². The lowest BCUT2D eigenvalue weighted by atomic mass is 10.2. The van der Waals surface area contributed by atoms with Crippen molar-refractivity contribution < 1.29 is 14.3 Å². The number of aliphatic imine (C=N–C) groups is 1. The van der Waals surface area contributed by atoms with E-state index in [4.69, 9.17) is 9.47 Å². The molecule has 1 fully saturated rings. The van der Waals surface area contributed by atoms with Crippen LogP contribution < -0.4 is 14.8 Å². The van der Waals surface area contributed by atoms with E-state index in [9.17, 15) is 4.79 Å². The second kappa shape index (κ2) is 9.27. The molecule has 3 rings (SSSR count). The van der Waals surface area contributed by atoms with Gasteiger partial charge >= 0.3 is 0 Å². The highest BCUT2D eigenvalue weighted by Crippen LogP contribution is 2.36. The lowest BCUT2D eigenvalue weighted by Crippen LogP contribution is -2.19. The summed E-state index contributed by atoms with van der Waals surface area (Å²) in [6.07, 6.45) is 1.84. The second-order valence-electron chi connectivity index (χ2n) is 5.51. The lowest BCUT2D eigenvalue weighted by Gasteiger charge is -2.13. The van der Waals surface area contributed by atoms with Gasteiger partial charge in [-0.3, -0.25) is 4.79 Å². The first-order valence-electron chi connectivity index (χ1n) is 8.54. The van der Waals surface area contributed by atoms with Crippen LogP contribution in [0.25, 0.3) is 6.08 Å². The highest BCUT2D eigenvalue weighted by molar-refractivity contribution is 14.1. The van der Waals surface area contributed by atoms with Crippen molar-refractivity contribution in [2.24, 2.45) is 4.99 Å². The van der Waals surface area contributed by atoms with Crippen molar-refractivity contribution in [3.8, 4) is 11.5 Å². The van der Waals surface area contributed by atoms with E-state index in [0.717, 1.165) is 20.6 Å². The van der Waals surface area contributed by atoms with E-state index >= 15 is 0 Å². The smallest absolute Gasteiger partial charge is 0.264 e. The van der Waals surface area contributed by atoms with Gasteiger partial charge in [-0.05, 0) is 84.1 Å². The van der Waals surface area contributed by atoms with Crippen molar-refractivity contribution >= 4 is 57.2 Å². The number of nitrogens with zero attached hydrogens (tertiary/aromatic N) is 1. The molecule has 5 nitrogen and oxygen atoms in total. The van der Waals surface area contributed by atoms with Crippen LogP contribution in [-0.4, -0.2) is 24.3 Å². The summed E-state index contributed by atoms with van der Waals surface area (Å²) in [4.78, 5) is 17.4. The molecule has 0 saturated carbocycles. The van der Waals surface area contributed by atoms with Crippen LogP contribution in [0.1, 0.15) is 19.4 Å². The molecule has 1 aliphatic rings. The molecule has 1 N–H and O–H groups in total. The van der Waals surface area contributed by atoms with E-state index in [2.05, 4.69) is 32.9 Å². The van der Waals surface area contributed by atoms with Gasteiger partial charge in [-0.25, -0.2) is 4.99 Å². The molecular weight excluding hydrogens is 475 g/mol. The van der Waals surface area contributed by atoms with Crippen molar-refractivity contribution in [2.45, 2.75) is 13.8 Å². The van der Waals surface area contributed by atoms with Crippen LogP contribution in [0.5, 0.6) is 11.5 Å². The van der Waals surface area contributed by atoms with Gasteiger partial charge in [0.2, 0.25) is 0 Å². The van der Waals surface area contributed by atoms with Gasteiger partial charge in [-0.2, -0.15) is 0 Å². The number of nitrogens with one attached hydrogen (secondary N) is 1. The van der Waals surface area contributed by atoms with Crippen LogP contribution in [-0.2, 0) is 4.79 Å². The Kier molecular flexibility index (Phi) is 6.78. The van der Waals surface area contributed by atoms with Gasteiger partial charge in [0, 0.05) is 0 Å². The lowest BCUT2D eigenvalue weighted by molar-refractivity contribution is -0.115. The minimum Gasteiger partial charge on any atom is -0.490 e. The summed E-state index contributed by atoms with van der Waals surface area (Å²) < 4.78 is 12.3. The first-order valence-corrected chi connectivity index (χ1v) is 10.4. The molecule has 140 valence electrons. The van der Waals surface area contributed by atoms with E-state index in [-0.39, 0.29) is 5.91 Å². The van der Waals surface area contributed by atoms with Gasteiger partial charge < -0.3 is 14.8 Å². The summed E-state index contributed by atoms with van der Waals surface area (Å²) in [5.41, 5.74) is 1.68. The van der Waals surface area contributed by atoms with E-state index in [1.54, 1.807) is 0 Å². The Labute approximate surface area is 176 Å². The van der Waals surface area contributed by atoms with Crippen molar-refractivity contribution in [3.63, 3.8) is 0 Å². The molecule has 0 atom stereocenters. The van der Waals surface area contributed by atoms with E-state index < -0.39 is 0 Å². The molecule has 1 amide bonds. The zero-order valence-corrected chi connectivity index (χ0v) is 18.0. The van der Waals surface area contributed by atoms with Crippen molar-refractivity contribution in [3.05, 3.63) is 56.5 Å². The first-order chi connectivity index (χ1) is 13.1. The largest absolute Gasteiger partial charge is 0.490 e. The zero-order valence-electron chi connectivity index (χ0n) is 15.0. The number of ether oxygens (including phenoxy) is 2. The summed E-state index contributed by atoms with van der Waals surface area (Å²) >= 11 is 3.54. The highest BCUT2D eigenvalue weighted by Gasteiger charge is 2.24. The maximum absolute atomic E-state index is 12.3. The fraction of sp³-hybridized carbons (Fsp3) is 0.200. The average Bonchev–Trinajstić information content (AvgIpc) is 2.98. The Morgan fingerprint density at radius 1 is 1.15 bits per heavy atom. The monoisotopic (exact) mass is 494 g/mol. The molecule has 2 aromatic rings. The Morgan fingerprint density at radius 3 is 2.59 bits per heavy atom. The summed E-state index contributed by atoms with van der Waals surface area (Å²) in [5.74, 6) is 1.26. The molecule has 0 bridgehead atoms. The zero-order chi connectivity index (χ0) is 19.2. The number of hydrogen-bond donors (Lipinski definition) is 1. The minimum atomic E-state index is -0.156. The number of amidine groups is 1. The molecule has 0 radical (unpaired) electrons. The van der Waals surface area contributed by atoms with Crippen LogP contribution >= 0.6 is 34.4 Å². The number of carbonyl (C=O) groups is 1. The van der Waals surface area contributed by atoms with Gasteiger partial charge in [0.1, 0.15) is 0 Å². The normalized spacial score (nSPS) is 16.6. The number of hydrogen-bond acceptors (Lipinski definition) is 5. The molecule has 1 aliphatic heterocycles. The number of carbonyl (C=O) groups excluding carboxylic acids is 1. The molecule has 1 saturated heterocycles. The maximum atomic E-state index is 12.3. The molecule has 0 aliphatic carbocycles. The first kappa shape index (κ1) is 19.8. The molecule has 0 unspecified atom stereocenters. The fourth-order valence-electron chi connectivity index (χ4n) is 2.47. The molecule has 0 aromatic heterocycles. The number of halogens is 1. The van der Waals surface area contributed by atoms with Gasteiger partial charge in [-0.1, -0.05) is 18.2 Å². The Balaban J connectivity index is 1.88. The summed E-state index contributed by atoms with van der Waals surface area (Å²) in [5, 5.41) is 3.38. The third-order valence-electron chi connectivity index (χ3n) is 3.56. The van der Waals surface area contributed by atoms with Crippen molar-refractivity contribution in [1.82, 2.24) is 5.32 Å². The van der Waals surface area contributed by atoms with Crippen molar-refractivity contribution in [1.29, 1.82) is 0 Å². The van der Waals surface area contributed by atoms with E-state index in [1.165, 1.54) is 11.8 Å². The van der Waals surface area contributed by atoms with Crippen LogP contribution in [0.2, 0.25) is 0 Å². The minimum absolute atomic E-state index is 0.156. The quantitative estimate of drug-likeness (QED) is 0.455. The summed E-state index contributed by atoms with van der Waals surface area (Å²) in [7, 11) is 0. The molecule has 27 heavy (non-hydrogen) atoms. The standard InChI is InChI=1S/C20H19IN2O3S/c1-3-25-16-11-13(10-15(21)18(16)26-4-2)12-17-19(24)23-20(27-17)22-14-8-6-5-7-9-14/h5-12H,3-4H2,1-2H3,(H,22,23,24). The number of benzene rings is 2. The number of para-hydroxylation sites is 1. The predicted octanol–water partition coefficient (Wildman–Crippen LogP) is 4.98. The number of thioether (sulfide) groups is 1. The maximum Gasteiger partial charge on any atom is 0.264 e. The average molecular weight is 494 g/mol. The summed E-state index contributed by atoms with van der Waals surface area (Å²) in [6.45, 7) is 4.97. The molecule has 0 spiro atoms. The highest BCUT2D eigenvalue weighted by atomic mass is 127. The van der Waals surface area contributed by atoms with Gasteiger partial charge in [0.25, 0.3) is 5.91 Å². The fourth-order valence-corrected chi connectivity index (χ4v) is 4.09. The Bertz CT molecular complexity index is 898. The number of amides is 1. The van der Waals surface area contributed by atoms with Crippen LogP contribution in [0.15, 0.2) is 52.4 Å². The Morgan fingerprint density at radius 2 is 1.89 bits per heavy atom. The third kappa shape index (κ3) is 5.04. The SMILES string of the molecule is CCOc1cc(C=C2SC(=Nc3ccccc3)NC2=O)cc(I)c1OCC. The summed E-state index contributed by atoms with van der Waals surface area (Å²) in [6, 6.07) is 13.4. The van der Waals surface area contributed by atoms with Crippen LogP contribution in [0.3, 0.4) is 0 Å². The van der Waals surface area contributed by atoms with Crippen LogP contribution in [0.4, 0.5) is 5.69 Å². The number of rotatable bonds is 6. The van der Waals surface area contributed by atoms with E-state index in [0.29, 0.717) is 29.0 Å². The molecule has 7 heteroatoms. The third-order valence-corrected chi connectivity index (χ3v) is 5.27. The predicted molar refractivity (Wildman–Crippen MR) is 119 cm³/mol. The van der Waals surface area contributed by atoms with E-state index in [1.807, 2.05) is 62.4 Å². The molecule has 2 aromatic carbocycles. The van der Waals surface area contributed by atoms with Crippen LogP contribution in [0, 0.1) is 3.57 Å². The molecular formula is C20H19IN2O3S.